The number of hydrogen-bond acceptors (Lipinski definition) is 3. The maximum Gasteiger partial charge on any atom is 0.252 e. The van der Waals surface area contributed by atoms with Crippen molar-refractivity contribution in [2.24, 2.45) is 0 Å². The highest BCUT2D eigenvalue weighted by molar-refractivity contribution is 6.31. The number of rotatable bonds is 5. The number of ether oxygens (including phenoxy) is 1. The summed E-state index contributed by atoms with van der Waals surface area (Å²) >= 11 is 6.08. The zero-order valence-electron chi connectivity index (χ0n) is 17.3. The molecule has 3 aromatic rings. The van der Waals surface area contributed by atoms with E-state index in [2.05, 4.69) is 11.4 Å². The second-order valence-electron chi connectivity index (χ2n) is 7.27. The highest BCUT2D eigenvalue weighted by Gasteiger charge is 2.24. The van der Waals surface area contributed by atoms with Crippen molar-refractivity contribution in [3.63, 3.8) is 0 Å². The van der Waals surface area contributed by atoms with Crippen LogP contribution in [0.4, 0.5) is 5.69 Å². The number of benzene rings is 2. The highest BCUT2D eigenvalue weighted by atomic mass is 35.5. The molecule has 1 unspecified atom stereocenters. The summed E-state index contributed by atoms with van der Waals surface area (Å²) in [5.41, 5.74) is 4.06. The fourth-order valence-electron chi connectivity index (χ4n) is 3.81. The van der Waals surface area contributed by atoms with Gasteiger partial charge in [0.1, 0.15) is 11.8 Å². The molecule has 0 bridgehead atoms. The van der Waals surface area contributed by atoms with E-state index in [9.17, 15) is 9.59 Å². The fourth-order valence-corrected chi connectivity index (χ4v) is 3.98. The summed E-state index contributed by atoms with van der Waals surface area (Å²) in [6.07, 6.45) is 0.458. The molecule has 0 saturated carbocycles. The van der Waals surface area contributed by atoms with Crippen LogP contribution in [0.25, 0.3) is 10.9 Å². The van der Waals surface area contributed by atoms with E-state index in [-0.39, 0.29) is 11.5 Å². The first-order chi connectivity index (χ1) is 13.8. The summed E-state index contributed by atoms with van der Waals surface area (Å²) in [5.74, 6) is 0.214. The Hall–Kier alpha value is -2.79. The van der Waals surface area contributed by atoms with Crippen molar-refractivity contribution in [3.8, 4) is 5.75 Å². The number of amides is 1. The molecule has 1 atom stereocenters. The van der Waals surface area contributed by atoms with Crippen molar-refractivity contribution in [1.82, 2.24) is 4.57 Å². The number of methoxy groups -OCH3 is 1. The van der Waals surface area contributed by atoms with Gasteiger partial charge < -0.3 is 10.1 Å². The Morgan fingerprint density at radius 3 is 2.52 bits per heavy atom. The van der Waals surface area contributed by atoms with Crippen molar-refractivity contribution in [3.05, 3.63) is 68.5 Å². The number of carbonyl (C=O) groups excluding carboxylic acids is 1. The van der Waals surface area contributed by atoms with Gasteiger partial charge in [0, 0.05) is 16.5 Å². The van der Waals surface area contributed by atoms with E-state index in [0.29, 0.717) is 22.9 Å². The van der Waals surface area contributed by atoms with Gasteiger partial charge in [-0.25, -0.2) is 0 Å². The van der Waals surface area contributed by atoms with E-state index in [1.807, 2.05) is 33.8 Å². The molecule has 1 heterocycles. The van der Waals surface area contributed by atoms with Gasteiger partial charge in [-0.05, 0) is 62.6 Å². The Morgan fingerprint density at radius 1 is 1.14 bits per heavy atom. The minimum absolute atomic E-state index is 0.193. The maximum absolute atomic E-state index is 13.2. The molecule has 3 rings (SSSR count). The highest BCUT2D eigenvalue weighted by Crippen LogP contribution is 2.30. The maximum atomic E-state index is 13.2. The van der Waals surface area contributed by atoms with Crippen molar-refractivity contribution >= 4 is 34.1 Å². The van der Waals surface area contributed by atoms with Crippen LogP contribution in [0.1, 0.15) is 36.1 Å². The van der Waals surface area contributed by atoms with Crippen LogP contribution in [-0.2, 0) is 4.79 Å². The first-order valence-electron chi connectivity index (χ1n) is 9.54. The largest absolute Gasteiger partial charge is 0.495 e. The van der Waals surface area contributed by atoms with Crippen LogP contribution in [0.5, 0.6) is 5.75 Å². The van der Waals surface area contributed by atoms with Crippen molar-refractivity contribution in [2.45, 2.75) is 40.2 Å². The van der Waals surface area contributed by atoms with Gasteiger partial charge in [0.05, 0.1) is 18.3 Å². The predicted octanol–water partition coefficient (Wildman–Crippen LogP) is 5.18. The molecule has 0 saturated heterocycles. The Bertz CT molecular complexity index is 1150. The number of nitrogens with one attached hydrogen (secondary N) is 1. The van der Waals surface area contributed by atoms with E-state index < -0.39 is 6.04 Å². The van der Waals surface area contributed by atoms with Gasteiger partial charge in [-0.1, -0.05) is 30.2 Å². The molecule has 5 nitrogen and oxygen atoms in total. The van der Waals surface area contributed by atoms with Crippen LogP contribution in [0.2, 0.25) is 5.02 Å². The molecule has 1 N–H and O–H groups in total. The lowest BCUT2D eigenvalue weighted by atomic mass is 10.0. The van der Waals surface area contributed by atoms with Crippen molar-refractivity contribution in [2.75, 3.05) is 12.4 Å². The molecule has 0 aliphatic carbocycles. The molecule has 1 aromatic heterocycles. The summed E-state index contributed by atoms with van der Waals surface area (Å²) in [6, 6.07) is 10.0. The number of aryl methyl sites for hydroxylation is 3. The number of hydrogen-bond donors (Lipinski definition) is 1. The van der Waals surface area contributed by atoms with E-state index in [1.165, 1.54) is 7.11 Å². The Labute approximate surface area is 175 Å². The number of anilines is 1. The molecule has 0 aliphatic rings. The van der Waals surface area contributed by atoms with E-state index in [4.69, 9.17) is 16.3 Å². The lowest BCUT2D eigenvalue weighted by Crippen LogP contribution is -2.33. The van der Waals surface area contributed by atoms with E-state index >= 15 is 0 Å². The van der Waals surface area contributed by atoms with Gasteiger partial charge in [-0.15, -0.1) is 0 Å². The lowest BCUT2D eigenvalue weighted by molar-refractivity contribution is -0.119. The van der Waals surface area contributed by atoms with Crippen LogP contribution >= 0.6 is 11.6 Å². The first-order valence-corrected chi connectivity index (χ1v) is 9.92. The topological polar surface area (TPSA) is 60.3 Å². The van der Waals surface area contributed by atoms with Gasteiger partial charge in [0.15, 0.2) is 0 Å². The van der Waals surface area contributed by atoms with Crippen LogP contribution < -0.4 is 15.6 Å². The molecule has 152 valence electrons. The summed E-state index contributed by atoms with van der Waals surface area (Å²) < 4.78 is 6.92. The van der Waals surface area contributed by atoms with E-state index in [0.717, 1.165) is 27.6 Å². The fraction of sp³-hybridized carbons (Fsp3) is 0.304. The monoisotopic (exact) mass is 412 g/mol. The van der Waals surface area contributed by atoms with Crippen LogP contribution in [0.3, 0.4) is 0 Å². The summed E-state index contributed by atoms with van der Waals surface area (Å²) in [5, 5.41) is 4.35. The zero-order chi connectivity index (χ0) is 21.3. The van der Waals surface area contributed by atoms with Crippen LogP contribution in [-0.4, -0.2) is 17.6 Å². The Kier molecular flexibility index (Phi) is 5.99. The predicted molar refractivity (Wildman–Crippen MR) is 118 cm³/mol. The third kappa shape index (κ3) is 4.01. The summed E-state index contributed by atoms with van der Waals surface area (Å²) in [4.78, 5) is 26.2. The van der Waals surface area contributed by atoms with Gasteiger partial charge in [0.2, 0.25) is 5.91 Å². The molecular weight excluding hydrogens is 388 g/mol. The smallest absolute Gasteiger partial charge is 0.252 e. The van der Waals surface area contributed by atoms with Gasteiger partial charge in [0.25, 0.3) is 5.56 Å². The molecular formula is C23H25ClN2O3. The van der Waals surface area contributed by atoms with Gasteiger partial charge in [-0.2, -0.15) is 0 Å². The molecule has 2 aromatic carbocycles. The Balaban J connectivity index is 2.14. The lowest BCUT2D eigenvalue weighted by Gasteiger charge is -2.23. The molecule has 0 radical (unpaired) electrons. The second kappa shape index (κ2) is 8.29. The number of carbonyl (C=O) groups is 1. The minimum Gasteiger partial charge on any atom is -0.495 e. The minimum atomic E-state index is -0.671. The molecule has 0 spiro atoms. The van der Waals surface area contributed by atoms with Gasteiger partial charge >= 0.3 is 0 Å². The second-order valence-corrected chi connectivity index (χ2v) is 7.71. The average Bonchev–Trinajstić information content (AvgIpc) is 2.65. The van der Waals surface area contributed by atoms with Crippen LogP contribution in [0, 0.1) is 20.8 Å². The van der Waals surface area contributed by atoms with Gasteiger partial charge in [-0.3, -0.25) is 14.2 Å². The molecule has 0 fully saturated rings. The zero-order valence-corrected chi connectivity index (χ0v) is 18.1. The average molecular weight is 413 g/mol. The number of fused-ring (bicyclic) bond motifs is 1. The molecule has 6 heteroatoms. The number of halogens is 1. The summed E-state index contributed by atoms with van der Waals surface area (Å²) in [6.45, 7) is 7.80. The number of nitrogens with zero attached hydrogens (tertiary/aromatic N) is 1. The third-order valence-electron chi connectivity index (χ3n) is 5.11. The first kappa shape index (κ1) is 20.9. The standard InChI is InChI=1S/C23H25ClN2O3/c1-6-19(23(28)25-18-12-16(24)7-8-20(18)29-5)26-21(27)11-14(3)17-10-13(2)9-15(4)22(17)26/h7-12,19H,6H2,1-5H3,(H,25,28). The Morgan fingerprint density at radius 2 is 1.86 bits per heavy atom. The van der Waals surface area contributed by atoms with E-state index in [1.54, 1.807) is 28.8 Å². The normalized spacial score (nSPS) is 12.1. The number of pyridine rings is 1. The van der Waals surface area contributed by atoms with Crippen molar-refractivity contribution in [1.29, 1.82) is 0 Å². The molecule has 0 aliphatic heterocycles. The summed E-state index contributed by atoms with van der Waals surface area (Å²) in [7, 11) is 1.53. The molecule has 29 heavy (non-hydrogen) atoms. The van der Waals surface area contributed by atoms with Crippen LogP contribution in [0.15, 0.2) is 41.2 Å². The third-order valence-corrected chi connectivity index (χ3v) is 5.34. The number of aromatic nitrogens is 1. The van der Waals surface area contributed by atoms with Crippen molar-refractivity contribution < 1.29 is 9.53 Å². The SMILES string of the molecule is CCC(C(=O)Nc1cc(Cl)ccc1OC)n1c(=O)cc(C)c2cc(C)cc(C)c21. The molecule has 1 amide bonds. The quantitative estimate of drug-likeness (QED) is 0.628.